The summed E-state index contributed by atoms with van der Waals surface area (Å²) in [5, 5.41) is 3.06. The molecule has 24 heavy (non-hydrogen) atoms. The Bertz CT molecular complexity index is 791. The monoisotopic (exact) mass is 391 g/mol. The van der Waals surface area contributed by atoms with E-state index in [-0.39, 0.29) is 5.69 Å². The highest BCUT2D eigenvalue weighted by Gasteiger charge is 2.09. The van der Waals surface area contributed by atoms with E-state index in [2.05, 4.69) is 37.8 Å². The van der Waals surface area contributed by atoms with Gasteiger partial charge in [-0.05, 0) is 37.6 Å². The molecular weight excluding hydrogens is 370 g/mol. The van der Waals surface area contributed by atoms with Gasteiger partial charge in [0.2, 0.25) is 0 Å². The van der Waals surface area contributed by atoms with E-state index in [1.54, 1.807) is 10.8 Å². The zero-order chi connectivity index (χ0) is 17.5. The van der Waals surface area contributed by atoms with Crippen molar-refractivity contribution in [2.45, 2.75) is 19.9 Å². The fourth-order valence-electron chi connectivity index (χ4n) is 2.23. The minimum Gasteiger partial charge on any atom is -0.371 e. The third-order valence-electron chi connectivity index (χ3n) is 3.57. The Morgan fingerprint density at radius 3 is 3.04 bits per heavy atom. The average Bonchev–Trinajstić information content (AvgIpc) is 2.81. The fourth-order valence-corrected chi connectivity index (χ4v) is 2.67. The Kier molecular flexibility index (Phi) is 6.57. The van der Waals surface area contributed by atoms with E-state index in [1.165, 1.54) is 0 Å². The van der Waals surface area contributed by atoms with E-state index in [0.717, 1.165) is 28.7 Å². The van der Waals surface area contributed by atoms with E-state index < -0.39 is 0 Å². The summed E-state index contributed by atoms with van der Waals surface area (Å²) in [6.45, 7) is 7.57. The van der Waals surface area contributed by atoms with Crippen LogP contribution in [0.1, 0.15) is 23.4 Å². The summed E-state index contributed by atoms with van der Waals surface area (Å²) < 4.78 is 2.68. The summed E-state index contributed by atoms with van der Waals surface area (Å²) in [6, 6.07) is 7.89. The van der Waals surface area contributed by atoms with Crippen LogP contribution < -0.4 is 16.7 Å². The molecule has 0 fully saturated rings. The maximum atomic E-state index is 12.2. The number of H-pyrrole nitrogens is 1. The quantitative estimate of drug-likeness (QED) is 0.475. The van der Waals surface area contributed by atoms with Gasteiger partial charge in [0.15, 0.2) is 0 Å². The maximum Gasteiger partial charge on any atom is 0.326 e. The zero-order valence-corrected chi connectivity index (χ0v) is 15.3. The molecule has 1 aromatic carbocycles. The molecule has 0 aliphatic carbocycles. The number of benzene rings is 1. The SMILES string of the molecule is C=C(/N=C\c1[nH]c(=O)n(Cc2cccc(Br)c2)c1C)NCCCN. The zero-order valence-electron chi connectivity index (χ0n) is 13.7. The largest absolute Gasteiger partial charge is 0.371 e. The van der Waals surface area contributed by atoms with E-state index in [4.69, 9.17) is 5.73 Å². The van der Waals surface area contributed by atoms with E-state index >= 15 is 0 Å². The molecule has 4 N–H and O–H groups in total. The van der Waals surface area contributed by atoms with Crippen molar-refractivity contribution in [3.63, 3.8) is 0 Å². The summed E-state index contributed by atoms with van der Waals surface area (Å²) in [6.07, 6.45) is 2.47. The van der Waals surface area contributed by atoms with Crippen LogP contribution in [0.25, 0.3) is 0 Å². The highest BCUT2D eigenvalue weighted by Crippen LogP contribution is 2.13. The summed E-state index contributed by atoms with van der Waals surface area (Å²) in [5.74, 6) is 0.545. The Balaban J connectivity index is 2.11. The summed E-state index contributed by atoms with van der Waals surface area (Å²) in [7, 11) is 0. The third-order valence-corrected chi connectivity index (χ3v) is 4.06. The number of hydrogen-bond acceptors (Lipinski definition) is 4. The highest BCUT2D eigenvalue weighted by atomic mass is 79.9. The molecule has 0 aliphatic heterocycles. The number of aromatic amines is 1. The van der Waals surface area contributed by atoms with Crippen LogP contribution in [-0.2, 0) is 6.54 Å². The summed E-state index contributed by atoms with van der Waals surface area (Å²) in [4.78, 5) is 19.3. The second kappa shape index (κ2) is 8.65. The number of nitrogens with one attached hydrogen (secondary N) is 2. The van der Waals surface area contributed by atoms with Gasteiger partial charge in [-0.2, -0.15) is 0 Å². The van der Waals surface area contributed by atoms with E-state index in [9.17, 15) is 4.79 Å². The third kappa shape index (κ3) is 4.94. The van der Waals surface area contributed by atoms with Gasteiger partial charge in [-0.1, -0.05) is 34.6 Å². The number of imidazole rings is 1. The van der Waals surface area contributed by atoms with E-state index in [1.807, 2.05) is 31.2 Å². The van der Waals surface area contributed by atoms with Crippen molar-refractivity contribution in [2.75, 3.05) is 13.1 Å². The van der Waals surface area contributed by atoms with Crippen LogP contribution in [0.15, 0.2) is 50.9 Å². The molecule has 0 bridgehead atoms. The molecule has 128 valence electrons. The van der Waals surface area contributed by atoms with Gasteiger partial charge in [-0.3, -0.25) is 4.57 Å². The van der Waals surface area contributed by atoms with Crippen LogP contribution >= 0.6 is 15.9 Å². The molecule has 6 nitrogen and oxygen atoms in total. The lowest BCUT2D eigenvalue weighted by atomic mass is 10.2. The van der Waals surface area contributed by atoms with Crippen molar-refractivity contribution in [3.8, 4) is 0 Å². The van der Waals surface area contributed by atoms with Gasteiger partial charge >= 0.3 is 5.69 Å². The lowest BCUT2D eigenvalue weighted by molar-refractivity contribution is 0.729. The number of rotatable bonds is 8. The normalized spacial score (nSPS) is 11.1. The van der Waals surface area contributed by atoms with Crippen molar-refractivity contribution in [2.24, 2.45) is 10.7 Å². The van der Waals surface area contributed by atoms with E-state index in [0.29, 0.717) is 24.6 Å². The Hall–Kier alpha value is -2.12. The van der Waals surface area contributed by atoms with Crippen molar-refractivity contribution in [3.05, 3.63) is 68.6 Å². The Labute approximate surface area is 149 Å². The lowest BCUT2D eigenvalue weighted by Crippen LogP contribution is -2.18. The van der Waals surface area contributed by atoms with Gasteiger partial charge < -0.3 is 16.0 Å². The second-order valence-corrected chi connectivity index (χ2v) is 6.33. The average molecular weight is 392 g/mol. The first kappa shape index (κ1) is 18.2. The predicted octanol–water partition coefficient (Wildman–Crippen LogP) is 2.12. The molecule has 0 saturated heterocycles. The van der Waals surface area contributed by atoms with Gasteiger partial charge in [0.05, 0.1) is 18.5 Å². The molecule has 0 aliphatic rings. The molecule has 0 unspecified atom stereocenters. The first-order valence-corrected chi connectivity index (χ1v) is 8.51. The molecule has 7 heteroatoms. The summed E-state index contributed by atoms with van der Waals surface area (Å²) in [5.41, 5.74) is 7.84. The molecule has 0 spiro atoms. The van der Waals surface area contributed by atoms with Crippen molar-refractivity contribution in [1.29, 1.82) is 0 Å². The smallest absolute Gasteiger partial charge is 0.326 e. The number of aromatic nitrogens is 2. The minimum absolute atomic E-state index is 0.157. The van der Waals surface area contributed by atoms with Crippen LogP contribution in [0, 0.1) is 6.92 Å². The van der Waals surface area contributed by atoms with Crippen molar-refractivity contribution in [1.82, 2.24) is 14.9 Å². The summed E-state index contributed by atoms with van der Waals surface area (Å²) >= 11 is 3.44. The number of halogens is 1. The predicted molar refractivity (Wildman–Crippen MR) is 101 cm³/mol. The second-order valence-electron chi connectivity index (χ2n) is 5.42. The lowest BCUT2D eigenvalue weighted by Gasteiger charge is -2.05. The first-order chi connectivity index (χ1) is 11.5. The molecule has 0 amide bonds. The fraction of sp³-hybridized carbons (Fsp3) is 0.294. The Morgan fingerprint density at radius 1 is 1.54 bits per heavy atom. The molecule has 1 aromatic heterocycles. The van der Waals surface area contributed by atoms with Gasteiger partial charge in [0.1, 0.15) is 5.82 Å². The standard InChI is InChI=1S/C17H22BrN5O/c1-12-16(10-21-13(2)20-8-4-7-19)22-17(24)23(12)11-14-5-3-6-15(18)9-14/h3,5-6,9-10,20H,2,4,7-8,11,19H2,1H3,(H,22,24)/b21-10-. The molecule has 0 radical (unpaired) electrons. The van der Waals surface area contributed by atoms with Crippen LogP contribution in [-0.4, -0.2) is 28.9 Å². The molecule has 0 saturated carbocycles. The van der Waals surface area contributed by atoms with Gasteiger partial charge in [0, 0.05) is 16.7 Å². The van der Waals surface area contributed by atoms with Gasteiger partial charge in [-0.15, -0.1) is 0 Å². The van der Waals surface area contributed by atoms with Gasteiger partial charge in [-0.25, -0.2) is 9.79 Å². The van der Waals surface area contributed by atoms with Gasteiger partial charge in [0.25, 0.3) is 0 Å². The molecule has 1 heterocycles. The van der Waals surface area contributed by atoms with Crippen LogP contribution in [0.2, 0.25) is 0 Å². The van der Waals surface area contributed by atoms with Crippen molar-refractivity contribution >= 4 is 22.1 Å². The van der Waals surface area contributed by atoms with Crippen LogP contribution in [0.3, 0.4) is 0 Å². The number of nitrogens with two attached hydrogens (primary N) is 1. The first-order valence-electron chi connectivity index (χ1n) is 7.72. The topological polar surface area (TPSA) is 88.2 Å². The molecule has 2 rings (SSSR count). The molecule has 0 atom stereocenters. The maximum absolute atomic E-state index is 12.2. The van der Waals surface area contributed by atoms with Crippen LogP contribution in [0.4, 0.5) is 0 Å². The number of aliphatic imine (C=N–C) groups is 1. The number of hydrogen-bond donors (Lipinski definition) is 3. The van der Waals surface area contributed by atoms with Crippen LogP contribution in [0.5, 0.6) is 0 Å². The molecule has 2 aromatic rings. The molecular formula is C17H22BrN5O. The Morgan fingerprint density at radius 2 is 2.33 bits per heavy atom. The minimum atomic E-state index is -0.157. The highest BCUT2D eigenvalue weighted by molar-refractivity contribution is 9.10. The van der Waals surface area contributed by atoms with Crippen molar-refractivity contribution < 1.29 is 0 Å². The number of nitrogens with zero attached hydrogens (tertiary/aromatic N) is 2.